The first-order chi connectivity index (χ1) is 14.9. The molecule has 2 aliphatic heterocycles. The molecule has 0 aromatic heterocycles. The lowest BCUT2D eigenvalue weighted by molar-refractivity contribution is -0.127. The molecule has 0 radical (unpaired) electrons. The topological polar surface area (TPSA) is 104 Å². The SMILES string of the molecule is CCOc1cc([C@@H]2C(C(=O)N(CC)CC)=C(C)N=C3SC(C#N)=C(N)N32)ccc1OC. The number of nitrogens with zero attached hydrogens (tertiary/aromatic N) is 4. The van der Waals surface area contributed by atoms with Gasteiger partial charge in [0.25, 0.3) is 5.91 Å². The number of hydrogen-bond donors (Lipinski definition) is 1. The van der Waals surface area contributed by atoms with E-state index in [9.17, 15) is 10.1 Å². The molecular weight excluding hydrogens is 414 g/mol. The molecule has 0 bridgehead atoms. The van der Waals surface area contributed by atoms with Gasteiger partial charge in [-0.15, -0.1) is 0 Å². The van der Waals surface area contributed by atoms with E-state index in [-0.39, 0.29) is 5.91 Å². The number of carbonyl (C=O) groups excluding carboxylic acids is 1. The third kappa shape index (κ3) is 3.95. The molecule has 0 spiro atoms. The number of ether oxygens (including phenoxy) is 2. The molecule has 1 aromatic carbocycles. The molecule has 2 aliphatic rings. The van der Waals surface area contributed by atoms with Crippen LogP contribution in [0.2, 0.25) is 0 Å². The maximum absolute atomic E-state index is 13.5. The Morgan fingerprint density at radius 3 is 2.61 bits per heavy atom. The number of nitrogens with two attached hydrogens (primary N) is 1. The van der Waals surface area contributed by atoms with Crippen LogP contribution in [0.4, 0.5) is 0 Å². The van der Waals surface area contributed by atoms with Gasteiger partial charge in [0.15, 0.2) is 16.7 Å². The Bertz CT molecular complexity index is 1020. The van der Waals surface area contributed by atoms with Crippen molar-refractivity contribution in [1.82, 2.24) is 9.80 Å². The first kappa shape index (κ1) is 22.6. The van der Waals surface area contributed by atoms with Crippen molar-refractivity contribution in [3.05, 3.63) is 45.8 Å². The zero-order valence-corrected chi connectivity index (χ0v) is 19.2. The van der Waals surface area contributed by atoms with Crippen LogP contribution in [0.1, 0.15) is 39.3 Å². The van der Waals surface area contributed by atoms with Crippen molar-refractivity contribution in [2.24, 2.45) is 10.7 Å². The number of rotatable bonds is 7. The van der Waals surface area contributed by atoms with Crippen molar-refractivity contribution in [3.8, 4) is 17.6 Å². The molecule has 1 aromatic rings. The van der Waals surface area contributed by atoms with E-state index < -0.39 is 6.04 Å². The fraction of sp³-hybridized carbons (Fsp3) is 0.409. The zero-order chi connectivity index (χ0) is 22.7. The number of fused-ring (bicyclic) bond motifs is 1. The van der Waals surface area contributed by atoms with Crippen LogP contribution in [-0.2, 0) is 4.79 Å². The van der Waals surface area contributed by atoms with Gasteiger partial charge >= 0.3 is 0 Å². The van der Waals surface area contributed by atoms with E-state index in [1.165, 1.54) is 11.8 Å². The van der Waals surface area contributed by atoms with Gasteiger partial charge in [-0.25, -0.2) is 4.99 Å². The van der Waals surface area contributed by atoms with Crippen LogP contribution < -0.4 is 15.2 Å². The molecule has 0 saturated carbocycles. The summed E-state index contributed by atoms with van der Waals surface area (Å²) in [6, 6.07) is 7.16. The normalized spacial score (nSPS) is 17.9. The minimum Gasteiger partial charge on any atom is -0.493 e. The number of carbonyl (C=O) groups is 1. The van der Waals surface area contributed by atoms with Crippen LogP contribution in [0.25, 0.3) is 0 Å². The predicted molar refractivity (Wildman–Crippen MR) is 121 cm³/mol. The third-order valence-electron chi connectivity index (χ3n) is 5.26. The highest BCUT2D eigenvalue weighted by Gasteiger charge is 2.43. The van der Waals surface area contributed by atoms with Gasteiger partial charge in [-0.05, 0) is 57.2 Å². The smallest absolute Gasteiger partial charge is 0.254 e. The molecule has 164 valence electrons. The molecular formula is C22H27N5O3S. The molecule has 1 atom stereocenters. The lowest BCUT2D eigenvalue weighted by atomic mass is 9.93. The minimum absolute atomic E-state index is 0.104. The Hall–Kier alpha value is -3.12. The van der Waals surface area contributed by atoms with Gasteiger partial charge < -0.3 is 20.1 Å². The third-order valence-corrected chi connectivity index (χ3v) is 6.24. The van der Waals surface area contributed by atoms with Gasteiger partial charge in [0.1, 0.15) is 16.8 Å². The monoisotopic (exact) mass is 441 g/mol. The Morgan fingerprint density at radius 2 is 2.03 bits per heavy atom. The summed E-state index contributed by atoms with van der Waals surface area (Å²) in [7, 11) is 1.58. The molecule has 9 heteroatoms. The Balaban J connectivity index is 2.22. The van der Waals surface area contributed by atoms with Crippen LogP contribution in [0.15, 0.2) is 45.2 Å². The van der Waals surface area contributed by atoms with E-state index in [0.29, 0.717) is 58.4 Å². The second kappa shape index (κ2) is 9.35. The summed E-state index contributed by atoms with van der Waals surface area (Å²) in [5, 5.41) is 10.1. The van der Waals surface area contributed by atoms with Crippen LogP contribution in [-0.4, -0.2) is 47.7 Å². The lowest BCUT2D eigenvalue weighted by Crippen LogP contribution is -2.42. The molecule has 31 heavy (non-hydrogen) atoms. The second-order valence-electron chi connectivity index (χ2n) is 6.91. The maximum Gasteiger partial charge on any atom is 0.254 e. The number of thioether (sulfide) groups is 1. The van der Waals surface area contributed by atoms with Crippen LogP contribution in [0.5, 0.6) is 11.5 Å². The number of benzene rings is 1. The minimum atomic E-state index is -0.538. The van der Waals surface area contributed by atoms with E-state index in [0.717, 1.165) is 5.56 Å². The van der Waals surface area contributed by atoms with E-state index in [1.807, 2.05) is 45.9 Å². The summed E-state index contributed by atoms with van der Waals surface area (Å²) in [5.74, 6) is 1.37. The van der Waals surface area contributed by atoms with E-state index in [1.54, 1.807) is 16.9 Å². The predicted octanol–water partition coefficient (Wildman–Crippen LogP) is 3.35. The average molecular weight is 442 g/mol. The van der Waals surface area contributed by atoms with Crippen molar-refractivity contribution < 1.29 is 14.3 Å². The quantitative estimate of drug-likeness (QED) is 0.692. The number of amidine groups is 1. The molecule has 3 rings (SSSR count). The molecule has 0 saturated heterocycles. The summed E-state index contributed by atoms with van der Waals surface area (Å²) in [5.41, 5.74) is 8.29. The average Bonchev–Trinajstić information content (AvgIpc) is 3.08. The zero-order valence-electron chi connectivity index (χ0n) is 18.4. The maximum atomic E-state index is 13.5. The number of nitriles is 1. The highest BCUT2D eigenvalue weighted by atomic mass is 32.2. The summed E-state index contributed by atoms with van der Waals surface area (Å²) >= 11 is 1.22. The fourth-order valence-electron chi connectivity index (χ4n) is 3.74. The molecule has 0 unspecified atom stereocenters. The number of hydrogen-bond acceptors (Lipinski definition) is 8. The highest BCUT2D eigenvalue weighted by molar-refractivity contribution is 8.17. The Kier molecular flexibility index (Phi) is 6.81. The standard InChI is InChI=1S/C22H27N5O3S/c1-6-26(7-2)21(28)18-13(4)25-22-27(20(24)17(12-23)31-22)19(18)14-9-10-15(29-5)16(11-14)30-8-3/h9-11,19H,6-8,24H2,1-5H3/t19-/m1/s1. The molecule has 8 nitrogen and oxygen atoms in total. The first-order valence-electron chi connectivity index (χ1n) is 10.2. The first-order valence-corrected chi connectivity index (χ1v) is 11.0. The summed E-state index contributed by atoms with van der Waals surface area (Å²) in [4.78, 5) is 22.0. The number of allylic oxidation sites excluding steroid dienone is 2. The fourth-order valence-corrected chi connectivity index (χ4v) is 4.66. The number of likely N-dealkylation sites (N-methyl/N-ethyl adjacent to an activating group) is 1. The van der Waals surface area contributed by atoms with Crippen molar-refractivity contribution in [2.75, 3.05) is 26.8 Å². The van der Waals surface area contributed by atoms with Crippen molar-refractivity contribution in [2.45, 2.75) is 33.7 Å². The molecule has 2 heterocycles. The van der Waals surface area contributed by atoms with Gasteiger partial charge in [0.05, 0.1) is 31.0 Å². The summed E-state index contributed by atoms with van der Waals surface area (Å²) in [6.07, 6.45) is 0. The molecule has 0 aliphatic carbocycles. The second-order valence-corrected chi connectivity index (χ2v) is 7.89. The van der Waals surface area contributed by atoms with Gasteiger partial charge in [-0.3, -0.25) is 9.69 Å². The van der Waals surface area contributed by atoms with E-state index in [2.05, 4.69) is 11.1 Å². The van der Waals surface area contributed by atoms with Crippen LogP contribution in [0, 0.1) is 11.3 Å². The summed E-state index contributed by atoms with van der Waals surface area (Å²) < 4.78 is 11.2. The number of methoxy groups -OCH3 is 1. The van der Waals surface area contributed by atoms with Crippen molar-refractivity contribution in [3.63, 3.8) is 0 Å². The van der Waals surface area contributed by atoms with Crippen LogP contribution >= 0.6 is 11.8 Å². The van der Waals surface area contributed by atoms with E-state index >= 15 is 0 Å². The number of aliphatic imine (C=N–C) groups is 1. The Labute approximate surface area is 187 Å². The van der Waals surface area contributed by atoms with Crippen LogP contribution in [0.3, 0.4) is 0 Å². The van der Waals surface area contributed by atoms with Gasteiger partial charge in [0, 0.05) is 13.1 Å². The Morgan fingerprint density at radius 1 is 1.32 bits per heavy atom. The largest absolute Gasteiger partial charge is 0.493 e. The summed E-state index contributed by atoms with van der Waals surface area (Å²) in [6.45, 7) is 9.22. The lowest BCUT2D eigenvalue weighted by Gasteiger charge is -2.37. The van der Waals surface area contributed by atoms with Crippen molar-refractivity contribution >= 4 is 22.8 Å². The molecule has 2 N–H and O–H groups in total. The van der Waals surface area contributed by atoms with Gasteiger partial charge in [0.2, 0.25) is 0 Å². The van der Waals surface area contributed by atoms with Gasteiger partial charge in [-0.1, -0.05) is 6.07 Å². The van der Waals surface area contributed by atoms with E-state index in [4.69, 9.17) is 15.2 Å². The highest BCUT2D eigenvalue weighted by Crippen LogP contribution is 2.46. The van der Waals surface area contributed by atoms with Gasteiger partial charge in [-0.2, -0.15) is 5.26 Å². The number of amides is 1. The molecule has 0 fully saturated rings. The molecule has 1 amide bonds. The van der Waals surface area contributed by atoms with Crippen molar-refractivity contribution in [1.29, 1.82) is 5.26 Å².